The van der Waals surface area contributed by atoms with E-state index in [0.717, 1.165) is 24.1 Å². The zero-order valence-electron chi connectivity index (χ0n) is 13.9. The van der Waals surface area contributed by atoms with Gasteiger partial charge >= 0.3 is 0 Å². The third kappa shape index (κ3) is 3.19. The fourth-order valence-corrected chi connectivity index (χ4v) is 4.22. The number of amides is 1. The van der Waals surface area contributed by atoms with E-state index in [4.69, 9.17) is 4.52 Å². The van der Waals surface area contributed by atoms with Crippen LogP contribution in [0.3, 0.4) is 0 Å². The Morgan fingerprint density at radius 3 is 3.04 bits per heavy atom. The molecule has 3 aromatic rings. The van der Waals surface area contributed by atoms with Crippen LogP contribution in [0.5, 0.6) is 0 Å². The van der Waals surface area contributed by atoms with E-state index in [1.54, 1.807) is 29.5 Å². The molecule has 3 aromatic heterocycles. The number of aromatic nitrogens is 3. The highest BCUT2D eigenvalue weighted by Gasteiger charge is 2.23. The van der Waals surface area contributed by atoms with Crippen molar-refractivity contribution >= 4 is 17.2 Å². The van der Waals surface area contributed by atoms with E-state index in [1.807, 2.05) is 18.2 Å². The van der Waals surface area contributed by atoms with Crippen molar-refractivity contribution in [2.75, 3.05) is 7.05 Å². The van der Waals surface area contributed by atoms with Gasteiger partial charge in [-0.1, -0.05) is 11.2 Å². The Kier molecular flexibility index (Phi) is 4.31. The normalized spacial score (nSPS) is 13.5. The fraction of sp³-hybridized carbons (Fsp3) is 0.333. The lowest BCUT2D eigenvalue weighted by Gasteiger charge is -2.17. The van der Waals surface area contributed by atoms with E-state index in [0.29, 0.717) is 17.4 Å². The van der Waals surface area contributed by atoms with Crippen molar-refractivity contribution in [1.82, 2.24) is 20.0 Å². The molecule has 0 N–H and O–H groups in total. The largest absolute Gasteiger partial charge is 0.337 e. The Morgan fingerprint density at radius 1 is 1.32 bits per heavy atom. The lowest BCUT2D eigenvalue weighted by molar-refractivity contribution is 0.0773. The number of thiophene rings is 1. The Labute approximate surface area is 149 Å². The molecule has 0 spiro atoms. The third-order valence-corrected chi connectivity index (χ3v) is 5.44. The van der Waals surface area contributed by atoms with Crippen molar-refractivity contribution in [2.45, 2.75) is 32.2 Å². The topological polar surface area (TPSA) is 72.1 Å². The predicted molar refractivity (Wildman–Crippen MR) is 94.3 cm³/mol. The summed E-state index contributed by atoms with van der Waals surface area (Å²) in [7, 11) is 1.77. The molecule has 7 heteroatoms. The van der Waals surface area contributed by atoms with Crippen LogP contribution in [0.15, 0.2) is 34.3 Å². The van der Waals surface area contributed by atoms with Crippen LogP contribution in [0.2, 0.25) is 0 Å². The maximum atomic E-state index is 12.8. The summed E-state index contributed by atoms with van der Waals surface area (Å²) in [6, 6.07) is 5.52. The number of hydrogen-bond donors (Lipinski definition) is 0. The second kappa shape index (κ2) is 6.76. The van der Waals surface area contributed by atoms with E-state index < -0.39 is 0 Å². The Hall–Kier alpha value is -2.54. The number of nitrogens with zero attached hydrogens (tertiary/aromatic N) is 4. The molecule has 0 aromatic carbocycles. The molecule has 3 heterocycles. The Morgan fingerprint density at radius 2 is 2.20 bits per heavy atom. The lowest BCUT2D eigenvalue weighted by atomic mass is 9.94. The van der Waals surface area contributed by atoms with E-state index in [-0.39, 0.29) is 12.5 Å². The van der Waals surface area contributed by atoms with Crippen LogP contribution in [0, 0.1) is 0 Å². The maximum absolute atomic E-state index is 12.8. The maximum Gasteiger partial charge on any atom is 0.264 e. The molecule has 128 valence electrons. The smallest absolute Gasteiger partial charge is 0.264 e. The van der Waals surface area contributed by atoms with Gasteiger partial charge in [0.2, 0.25) is 11.7 Å². The summed E-state index contributed by atoms with van der Waals surface area (Å²) in [6.07, 6.45) is 6.13. The molecule has 4 rings (SSSR count). The Bertz CT molecular complexity index is 888. The highest BCUT2D eigenvalue weighted by Crippen LogP contribution is 2.30. The molecular weight excluding hydrogens is 336 g/mol. The van der Waals surface area contributed by atoms with Gasteiger partial charge in [-0.2, -0.15) is 4.98 Å². The summed E-state index contributed by atoms with van der Waals surface area (Å²) >= 11 is 1.55. The first kappa shape index (κ1) is 16.0. The van der Waals surface area contributed by atoms with Crippen molar-refractivity contribution in [2.24, 2.45) is 0 Å². The zero-order chi connectivity index (χ0) is 17.2. The molecule has 1 amide bonds. The van der Waals surface area contributed by atoms with E-state index in [2.05, 4.69) is 20.5 Å². The van der Waals surface area contributed by atoms with Gasteiger partial charge in [0.05, 0.1) is 4.88 Å². The summed E-state index contributed by atoms with van der Waals surface area (Å²) in [4.78, 5) is 23.8. The first-order valence-electron chi connectivity index (χ1n) is 8.31. The average molecular weight is 354 g/mol. The first-order valence-corrected chi connectivity index (χ1v) is 9.19. The summed E-state index contributed by atoms with van der Waals surface area (Å²) < 4.78 is 5.28. The molecule has 0 atom stereocenters. The minimum absolute atomic E-state index is 0.0192. The monoisotopic (exact) mass is 354 g/mol. The van der Waals surface area contributed by atoms with E-state index >= 15 is 0 Å². The number of pyridine rings is 1. The molecule has 0 unspecified atom stereocenters. The molecular formula is C18H18N4O2S. The van der Waals surface area contributed by atoms with Gasteiger partial charge < -0.3 is 9.42 Å². The molecule has 6 nitrogen and oxygen atoms in total. The van der Waals surface area contributed by atoms with E-state index in [9.17, 15) is 4.79 Å². The molecule has 0 radical (unpaired) electrons. The summed E-state index contributed by atoms with van der Waals surface area (Å²) in [5.41, 5.74) is 3.22. The summed E-state index contributed by atoms with van der Waals surface area (Å²) in [5.74, 6) is 0.859. The van der Waals surface area contributed by atoms with Gasteiger partial charge in [-0.3, -0.25) is 9.78 Å². The summed E-state index contributed by atoms with van der Waals surface area (Å²) in [5, 5.41) is 6.07. The molecule has 0 saturated heterocycles. The van der Waals surface area contributed by atoms with Gasteiger partial charge in [0, 0.05) is 13.2 Å². The van der Waals surface area contributed by atoms with Crippen molar-refractivity contribution in [3.8, 4) is 11.5 Å². The van der Waals surface area contributed by atoms with Crippen LogP contribution in [0.25, 0.3) is 11.5 Å². The second-order valence-corrected chi connectivity index (χ2v) is 7.04. The molecule has 1 aliphatic carbocycles. The van der Waals surface area contributed by atoms with Gasteiger partial charge in [0.25, 0.3) is 5.91 Å². The highest BCUT2D eigenvalue weighted by molar-refractivity contribution is 7.12. The van der Waals surface area contributed by atoms with Crippen molar-refractivity contribution in [3.63, 3.8) is 0 Å². The van der Waals surface area contributed by atoms with Crippen LogP contribution in [0.4, 0.5) is 0 Å². The van der Waals surface area contributed by atoms with Crippen LogP contribution in [0.1, 0.15) is 39.5 Å². The minimum Gasteiger partial charge on any atom is -0.337 e. The number of fused-ring (bicyclic) bond motifs is 1. The number of carbonyl (C=O) groups is 1. The minimum atomic E-state index is 0.0192. The van der Waals surface area contributed by atoms with Crippen molar-refractivity contribution < 1.29 is 9.32 Å². The molecule has 0 aliphatic heterocycles. The first-order chi connectivity index (χ1) is 12.2. The molecule has 1 aliphatic rings. The lowest BCUT2D eigenvalue weighted by Crippen LogP contribution is -2.26. The van der Waals surface area contributed by atoms with Crippen molar-refractivity contribution in [3.05, 3.63) is 51.7 Å². The van der Waals surface area contributed by atoms with E-state index in [1.165, 1.54) is 17.5 Å². The van der Waals surface area contributed by atoms with Gasteiger partial charge in [-0.15, -0.1) is 11.3 Å². The Balaban J connectivity index is 1.49. The SMILES string of the molecule is CN(Cc1nc(-c2ccccn2)no1)C(=O)c1scc2c1CCCC2. The standard InChI is InChI=1S/C18H18N4O2S/c1-22(18(23)16-13-7-3-2-6-12(13)11-25-16)10-15-20-17(21-24-15)14-8-4-5-9-19-14/h4-5,8-9,11H,2-3,6-7,10H2,1H3. The third-order valence-electron chi connectivity index (χ3n) is 4.38. The fourth-order valence-electron chi connectivity index (χ4n) is 3.06. The average Bonchev–Trinajstić information content (AvgIpc) is 3.29. The molecule has 0 bridgehead atoms. The zero-order valence-corrected chi connectivity index (χ0v) is 14.8. The predicted octanol–water partition coefficient (Wildman–Crippen LogP) is 3.34. The van der Waals surface area contributed by atoms with Gasteiger partial charge in [0.15, 0.2) is 0 Å². The van der Waals surface area contributed by atoms with Crippen molar-refractivity contribution in [1.29, 1.82) is 0 Å². The highest BCUT2D eigenvalue weighted by atomic mass is 32.1. The van der Waals surface area contributed by atoms with Crippen LogP contribution < -0.4 is 0 Å². The number of rotatable bonds is 4. The van der Waals surface area contributed by atoms with Crippen LogP contribution >= 0.6 is 11.3 Å². The molecule has 0 saturated carbocycles. The van der Waals surface area contributed by atoms with Gasteiger partial charge in [-0.25, -0.2) is 0 Å². The number of aryl methyl sites for hydroxylation is 1. The molecule has 0 fully saturated rings. The second-order valence-electron chi connectivity index (χ2n) is 6.16. The van der Waals surface area contributed by atoms with Crippen LogP contribution in [-0.4, -0.2) is 33.0 Å². The van der Waals surface area contributed by atoms with Gasteiger partial charge in [0.1, 0.15) is 12.2 Å². The molecule has 25 heavy (non-hydrogen) atoms. The number of hydrogen-bond acceptors (Lipinski definition) is 6. The quantitative estimate of drug-likeness (QED) is 0.718. The van der Waals surface area contributed by atoms with Crippen LogP contribution in [-0.2, 0) is 19.4 Å². The van der Waals surface area contributed by atoms with Gasteiger partial charge in [-0.05, 0) is 54.3 Å². The number of carbonyl (C=O) groups excluding carboxylic acids is 1. The summed E-state index contributed by atoms with van der Waals surface area (Å²) in [6.45, 7) is 0.283.